The maximum atomic E-state index is 12.2. The summed E-state index contributed by atoms with van der Waals surface area (Å²) in [5.41, 5.74) is 1.22. The lowest BCUT2D eigenvalue weighted by Crippen LogP contribution is -2.35. The number of amides is 1. The minimum Gasteiger partial charge on any atom is -0.336 e. The SMILES string of the molecule is CCNC(C)C1CC(=O)N([C@@H](C)c2ccccc2)C1. The summed E-state index contributed by atoms with van der Waals surface area (Å²) in [6.45, 7) is 8.23. The standard InChI is InChI=1S/C16H24N2O/c1-4-17-12(2)15-10-16(19)18(11-15)13(3)14-8-6-5-7-9-14/h5-9,12-13,15,17H,4,10-11H2,1-3H3/t12?,13-,15?/m0/s1. The first-order chi connectivity index (χ1) is 9.13. The predicted octanol–water partition coefficient (Wildman–Crippen LogP) is 2.59. The molecule has 1 amide bonds. The van der Waals surface area contributed by atoms with E-state index in [1.54, 1.807) is 0 Å². The van der Waals surface area contributed by atoms with Gasteiger partial charge in [-0.3, -0.25) is 4.79 Å². The number of nitrogens with one attached hydrogen (secondary N) is 1. The Kier molecular flexibility index (Phi) is 4.59. The Morgan fingerprint density at radius 3 is 2.63 bits per heavy atom. The van der Waals surface area contributed by atoms with E-state index < -0.39 is 0 Å². The normalized spacial score (nSPS) is 22.6. The first-order valence-corrected chi connectivity index (χ1v) is 7.21. The van der Waals surface area contributed by atoms with E-state index in [0.717, 1.165) is 13.1 Å². The summed E-state index contributed by atoms with van der Waals surface area (Å²) in [5.74, 6) is 0.713. The molecule has 1 aliphatic rings. The van der Waals surface area contributed by atoms with Gasteiger partial charge < -0.3 is 10.2 Å². The fourth-order valence-electron chi connectivity index (χ4n) is 2.87. The van der Waals surface area contributed by atoms with E-state index in [4.69, 9.17) is 0 Å². The summed E-state index contributed by atoms with van der Waals surface area (Å²) in [6, 6.07) is 10.8. The molecule has 1 fully saturated rings. The van der Waals surface area contributed by atoms with Gasteiger partial charge in [0.15, 0.2) is 0 Å². The van der Waals surface area contributed by atoms with Crippen LogP contribution < -0.4 is 5.32 Å². The largest absolute Gasteiger partial charge is 0.336 e. The highest BCUT2D eigenvalue weighted by Crippen LogP contribution is 2.29. The van der Waals surface area contributed by atoms with Crippen molar-refractivity contribution in [1.82, 2.24) is 10.2 Å². The number of likely N-dealkylation sites (tertiary alicyclic amines) is 1. The molecule has 1 aromatic rings. The van der Waals surface area contributed by atoms with E-state index in [1.807, 2.05) is 23.1 Å². The van der Waals surface area contributed by atoms with Gasteiger partial charge in [-0.15, -0.1) is 0 Å². The lowest BCUT2D eigenvalue weighted by Gasteiger charge is -2.26. The van der Waals surface area contributed by atoms with Crippen LogP contribution in [0.5, 0.6) is 0 Å². The molecule has 2 rings (SSSR count). The van der Waals surface area contributed by atoms with E-state index in [2.05, 4.69) is 38.2 Å². The average molecular weight is 260 g/mol. The molecule has 0 saturated carbocycles. The molecule has 1 aliphatic heterocycles. The van der Waals surface area contributed by atoms with Crippen molar-refractivity contribution < 1.29 is 4.79 Å². The lowest BCUT2D eigenvalue weighted by atomic mass is 10.0. The zero-order valence-corrected chi connectivity index (χ0v) is 12.1. The maximum absolute atomic E-state index is 12.2. The predicted molar refractivity (Wildman–Crippen MR) is 77.8 cm³/mol. The van der Waals surface area contributed by atoms with Crippen molar-refractivity contribution in [2.75, 3.05) is 13.1 Å². The van der Waals surface area contributed by atoms with Crippen LogP contribution in [0.1, 0.15) is 38.8 Å². The third-order valence-electron chi connectivity index (χ3n) is 4.17. The quantitative estimate of drug-likeness (QED) is 0.882. The fraction of sp³-hybridized carbons (Fsp3) is 0.562. The van der Waals surface area contributed by atoms with Crippen LogP contribution >= 0.6 is 0 Å². The monoisotopic (exact) mass is 260 g/mol. The van der Waals surface area contributed by atoms with Crippen molar-refractivity contribution in [1.29, 1.82) is 0 Å². The van der Waals surface area contributed by atoms with Crippen LogP contribution in [-0.2, 0) is 4.79 Å². The van der Waals surface area contributed by atoms with Crippen LogP contribution in [0, 0.1) is 5.92 Å². The molecule has 2 unspecified atom stereocenters. The Morgan fingerprint density at radius 1 is 1.32 bits per heavy atom. The molecule has 3 nitrogen and oxygen atoms in total. The number of carbonyl (C=O) groups is 1. The van der Waals surface area contributed by atoms with Crippen LogP contribution in [0.4, 0.5) is 0 Å². The Morgan fingerprint density at radius 2 is 2.00 bits per heavy atom. The van der Waals surface area contributed by atoms with Gasteiger partial charge in [0.05, 0.1) is 6.04 Å². The van der Waals surface area contributed by atoms with Crippen molar-refractivity contribution in [3.63, 3.8) is 0 Å². The first kappa shape index (κ1) is 14.1. The summed E-state index contributed by atoms with van der Waals surface area (Å²) in [5, 5.41) is 3.43. The number of benzene rings is 1. The minimum atomic E-state index is 0.174. The van der Waals surface area contributed by atoms with Crippen molar-refractivity contribution in [3.8, 4) is 0 Å². The highest BCUT2D eigenvalue weighted by Gasteiger charge is 2.35. The smallest absolute Gasteiger partial charge is 0.223 e. The van der Waals surface area contributed by atoms with Crippen molar-refractivity contribution in [2.45, 2.75) is 39.3 Å². The molecular formula is C16H24N2O. The molecule has 1 heterocycles. The Bertz CT molecular complexity index is 418. The van der Waals surface area contributed by atoms with Gasteiger partial charge >= 0.3 is 0 Å². The molecule has 1 aromatic carbocycles. The van der Waals surface area contributed by atoms with Gasteiger partial charge in [0.25, 0.3) is 0 Å². The van der Waals surface area contributed by atoms with Crippen LogP contribution in [0.2, 0.25) is 0 Å². The molecule has 104 valence electrons. The molecule has 1 saturated heterocycles. The Hall–Kier alpha value is -1.35. The number of rotatable bonds is 5. The molecule has 0 aromatic heterocycles. The van der Waals surface area contributed by atoms with Gasteiger partial charge in [-0.25, -0.2) is 0 Å². The fourth-order valence-corrected chi connectivity index (χ4v) is 2.87. The summed E-state index contributed by atoms with van der Waals surface area (Å²) in [6.07, 6.45) is 0.672. The summed E-state index contributed by atoms with van der Waals surface area (Å²) in [7, 11) is 0. The number of hydrogen-bond donors (Lipinski definition) is 1. The zero-order valence-electron chi connectivity index (χ0n) is 12.1. The zero-order chi connectivity index (χ0) is 13.8. The highest BCUT2D eigenvalue weighted by atomic mass is 16.2. The number of hydrogen-bond acceptors (Lipinski definition) is 2. The van der Waals surface area contributed by atoms with Crippen molar-refractivity contribution in [3.05, 3.63) is 35.9 Å². The van der Waals surface area contributed by atoms with E-state index in [1.165, 1.54) is 5.56 Å². The van der Waals surface area contributed by atoms with Crippen LogP contribution in [0.25, 0.3) is 0 Å². The second kappa shape index (κ2) is 6.20. The van der Waals surface area contributed by atoms with Gasteiger partial charge in [0.1, 0.15) is 0 Å². The number of nitrogens with zero attached hydrogens (tertiary/aromatic N) is 1. The summed E-state index contributed by atoms with van der Waals surface area (Å²) < 4.78 is 0. The van der Waals surface area contributed by atoms with Gasteiger partial charge in [0.2, 0.25) is 5.91 Å². The van der Waals surface area contributed by atoms with E-state index in [9.17, 15) is 4.79 Å². The molecule has 1 N–H and O–H groups in total. The van der Waals surface area contributed by atoms with Crippen molar-refractivity contribution >= 4 is 5.91 Å². The average Bonchev–Trinajstić information content (AvgIpc) is 2.81. The molecule has 0 bridgehead atoms. The van der Waals surface area contributed by atoms with Gasteiger partial charge in [-0.2, -0.15) is 0 Å². The molecule has 0 radical (unpaired) electrons. The van der Waals surface area contributed by atoms with Gasteiger partial charge in [0, 0.05) is 24.9 Å². The second-order valence-electron chi connectivity index (χ2n) is 5.44. The Balaban J connectivity index is 2.04. The third kappa shape index (κ3) is 3.16. The van der Waals surface area contributed by atoms with Crippen LogP contribution in [0.3, 0.4) is 0 Å². The van der Waals surface area contributed by atoms with E-state index in [0.29, 0.717) is 18.4 Å². The van der Waals surface area contributed by atoms with E-state index >= 15 is 0 Å². The Labute approximate surface area is 116 Å². The first-order valence-electron chi connectivity index (χ1n) is 7.21. The second-order valence-corrected chi connectivity index (χ2v) is 5.44. The van der Waals surface area contributed by atoms with Crippen LogP contribution in [-0.4, -0.2) is 29.9 Å². The molecule has 3 atom stereocenters. The van der Waals surface area contributed by atoms with Crippen molar-refractivity contribution in [2.24, 2.45) is 5.92 Å². The lowest BCUT2D eigenvalue weighted by molar-refractivity contribution is -0.129. The maximum Gasteiger partial charge on any atom is 0.223 e. The third-order valence-corrected chi connectivity index (χ3v) is 4.17. The minimum absolute atomic E-state index is 0.174. The van der Waals surface area contributed by atoms with E-state index in [-0.39, 0.29) is 11.9 Å². The van der Waals surface area contributed by atoms with Gasteiger partial charge in [-0.05, 0) is 26.0 Å². The molecule has 0 aliphatic carbocycles. The van der Waals surface area contributed by atoms with Crippen LogP contribution in [0.15, 0.2) is 30.3 Å². The molecular weight excluding hydrogens is 236 g/mol. The number of carbonyl (C=O) groups excluding carboxylic acids is 1. The highest BCUT2D eigenvalue weighted by molar-refractivity contribution is 5.79. The molecule has 3 heteroatoms. The topological polar surface area (TPSA) is 32.3 Å². The molecule has 0 spiro atoms. The summed E-state index contributed by atoms with van der Waals surface area (Å²) in [4.78, 5) is 14.2. The van der Waals surface area contributed by atoms with Gasteiger partial charge in [-0.1, -0.05) is 37.3 Å². The summed E-state index contributed by atoms with van der Waals surface area (Å²) >= 11 is 0. The molecule has 19 heavy (non-hydrogen) atoms.